The summed E-state index contributed by atoms with van der Waals surface area (Å²) in [6.45, 7) is 0.437. The van der Waals surface area contributed by atoms with Crippen LogP contribution in [-0.4, -0.2) is 39.2 Å². The van der Waals surface area contributed by atoms with Crippen molar-refractivity contribution in [3.8, 4) is 11.5 Å². The van der Waals surface area contributed by atoms with Gasteiger partial charge in [0.15, 0.2) is 11.1 Å². The standard InChI is InChI=1S/C29H32FNO6S/c1-36-24-12-6-21(7-13-24)28-26(16-17-27(32)20-4-8-22(30)9-5-20)29(33)31(28)23-10-14-25(15-11-23)37-18-2-3-19-38(34)35/h4-15,26-28,32H,2-3,16-19H2,1H3,(H,34,35). The first-order valence-electron chi connectivity index (χ1n) is 12.6. The molecule has 1 amide bonds. The number of anilines is 1. The number of nitrogens with zero attached hydrogens (tertiary/aromatic N) is 1. The molecule has 0 radical (unpaired) electrons. The summed E-state index contributed by atoms with van der Waals surface area (Å²) in [4.78, 5) is 15.1. The number of rotatable bonds is 13. The monoisotopic (exact) mass is 541 g/mol. The maximum absolute atomic E-state index is 13.3. The van der Waals surface area contributed by atoms with Gasteiger partial charge in [0.25, 0.3) is 0 Å². The van der Waals surface area contributed by atoms with Crippen LogP contribution >= 0.6 is 0 Å². The Balaban J connectivity index is 1.45. The highest BCUT2D eigenvalue weighted by molar-refractivity contribution is 7.79. The van der Waals surface area contributed by atoms with E-state index in [2.05, 4.69) is 0 Å². The predicted octanol–water partition coefficient (Wildman–Crippen LogP) is 5.43. The van der Waals surface area contributed by atoms with E-state index in [1.807, 2.05) is 48.5 Å². The van der Waals surface area contributed by atoms with Crippen molar-refractivity contribution in [3.63, 3.8) is 0 Å². The summed E-state index contributed by atoms with van der Waals surface area (Å²) in [7, 11) is 1.60. The van der Waals surface area contributed by atoms with Gasteiger partial charge in [-0.1, -0.05) is 24.3 Å². The SMILES string of the molecule is COc1ccc(C2C(CCC(O)c3ccc(F)cc3)C(=O)N2c2ccc(OCCCCS(=O)O)cc2)cc1. The van der Waals surface area contributed by atoms with Gasteiger partial charge in [0.05, 0.1) is 31.8 Å². The number of methoxy groups -OCH3 is 1. The second-order valence-corrected chi connectivity index (χ2v) is 10.3. The minimum Gasteiger partial charge on any atom is -0.497 e. The summed E-state index contributed by atoms with van der Waals surface area (Å²) in [6.07, 6.45) is 1.33. The molecule has 0 saturated carbocycles. The average Bonchev–Trinajstić information content (AvgIpc) is 2.92. The molecule has 9 heteroatoms. The number of carbonyl (C=O) groups excluding carboxylic acids is 1. The third-order valence-corrected chi connectivity index (χ3v) is 7.41. The van der Waals surface area contributed by atoms with Gasteiger partial charge in [-0.25, -0.2) is 8.60 Å². The lowest BCUT2D eigenvalue weighted by Gasteiger charge is -2.48. The molecule has 1 heterocycles. The molecular weight excluding hydrogens is 509 g/mol. The van der Waals surface area contributed by atoms with E-state index in [1.165, 1.54) is 12.1 Å². The Kier molecular flexibility index (Phi) is 9.49. The fourth-order valence-corrected chi connectivity index (χ4v) is 5.16. The van der Waals surface area contributed by atoms with Crippen LogP contribution in [-0.2, 0) is 15.9 Å². The Bertz CT molecular complexity index is 1220. The summed E-state index contributed by atoms with van der Waals surface area (Å²) in [6, 6.07) is 20.5. The van der Waals surface area contributed by atoms with Gasteiger partial charge < -0.3 is 24.0 Å². The highest BCUT2D eigenvalue weighted by Gasteiger charge is 2.48. The Labute approximate surface area is 224 Å². The Morgan fingerprint density at radius 2 is 1.63 bits per heavy atom. The Morgan fingerprint density at radius 3 is 2.26 bits per heavy atom. The quantitative estimate of drug-likeness (QED) is 0.170. The number of aliphatic hydroxyl groups is 1. The van der Waals surface area contributed by atoms with Crippen molar-refractivity contribution >= 4 is 22.7 Å². The van der Waals surface area contributed by atoms with Crippen LogP contribution in [0.25, 0.3) is 0 Å². The van der Waals surface area contributed by atoms with Crippen molar-refractivity contribution in [1.29, 1.82) is 0 Å². The summed E-state index contributed by atoms with van der Waals surface area (Å²) in [5.41, 5.74) is 2.33. The van der Waals surface area contributed by atoms with Crippen molar-refractivity contribution in [2.24, 2.45) is 5.92 Å². The molecule has 1 aliphatic rings. The zero-order valence-electron chi connectivity index (χ0n) is 21.2. The van der Waals surface area contributed by atoms with Crippen LogP contribution in [0.15, 0.2) is 72.8 Å². The molecule has 3 aromatic carbocycles. The minimum absolute atomic E-state index is 0.0252. The number of hydrogen-bond donors (Lipinski definition) is 2. The number of unbranched alkanes of at least 4 members (excludes halogenated alkanes) is 1. The molecule has 1 aliphatic heterocycles. The first-order chi connectivity index (χ1) is 18.4. The maximum Gasteiger partial charge on any atom is 0.233 e. The molecule has 3 aromatic rings. The molecule has 4 rings (SSSR count). The number of carbonyl (C=O) groups is 1. The number of β-lactam (4-membered cyclic amide) rings is 1. The lowest BCUT2D eigenvalue weighted by atomic mass is 9.78. The molecule has 1 fully saturated rings. The topological polar surface area (TPSA) is 96.3 Å². The van der Waals surface area contributed by atoms with Crippen LogP contribution in [0.5, 0.6) is 11.5 Å². The lowest BCUT2D eigenvalue weighted by molar-refractivity contribution is -0.131. The van der Waals surface area contributed by atoms with E-state index < -0.39 is 17.2 Å². The van der Waals surface area contributed by atoms with E-state index >= 15 is 0 Å². The molecule has 1 saturated heterocycles. The van der Waals surface area contributed by atoms with Gasteiger partial charge in [-0.05, 0) is 85.3 Å². The third kappa shape index (κ3) is 6.78. The van der Waals surface area contributed by atoms with Crippen molar-refractivity contribution in [2.45, 2.75) is 37.8 Å². The largest absolute Gasteiger partial charge is 0.497 e. The lowest BCUT2D eigenvalue weighted by Crippen LogP contribution is -2.55. The fraction of sp³-hybridized carbons (Fsp3) is 0.345. The zero-order valence-corrected chi connectivity index (χ0v) is 22.0. The molecule has 202 valence electrons. The van der Waals surface area contributed by atoms with Crippen LogP contribution < -0.4 is 14.4 Å². The smallest absolute Gasteiger partial charge is 0.233 e. The molecule has 0 aliphatic carbocycles. The maximum atomic E-state index is 13.3. The summed E-state index contributed by atoms with van der Waals surface area (Å²) in [5.74, 6) is 0.914. The molecule has 4 atom stereocenters. The number of hydrogen-bond acceptors (Lipinski definition) is 5. The summed E-state index contributed by atoms with van der Waals surface area (Å²) in [5, 5.41) is 10.6. The molecule has 4 unspecified atom stereocenters. The van der Waals surface area contributed by atoms with Crippen molar-refractivity contribution < 1.29 is 32.5 Å². The van der Waals surface area contributed by atoms with Gasteiger partial charge >= 0.3 is 0 Å². The zero-order chi connectivity index (χ0) is 27.1. The second-order valence-electron chi connectivity index (χ2n) is 9.25. The molecular formula is C29H32FNO6S. The highest BCUT2D eigenvalue weighted by Crippen LogP contribution is 2.46. The van der Waals surface area contributed by atoms with Gasteiger partial charge in [-0.2, -0.15) is 0 Å². The average molecular weight is 542 g/mol. The predicted molar refractivity (Wildman–Crippen MR) is 144 cm³/mol. The van der Waals surface area contributed by atoms with Crippen LogP contribution in [0.2, 0.25) is 0 Å². The summed E-state index contributed by atoms with van der Waals surface area (Å²) < 4.78 is 43.8. The molecule has 0 aromatic heterocycles. The van der Waals surface area contributed by atoms with E-state index in [1.54, 1.807) is 24.1 Å². The van der Waals surface area contributed by atoms with Crippen molar-refractivity contribution in [3.05, 3.63) is 89.7 Å². The number of aliphatic hydroxyl groups excluding tert-OH is 1. The molecule has 38 heavy (non-hydrogen) atoms. The third-order valence-electron chi connectivity index (χ3n) is 6.77. The van der Waals surface area contributed by atoms with Crippen molar-refractivity contribution in [1.82, 2.24) is 0 Å². The number of benzene rings is 3. The number of halogens is 1. The molecule has 2 N–H and O–H groups in total. The van der Waals surface area contributed by atoms with E-state index in [0.29, 0.717) is 43.6 Å². The van der Waals surface area contributed by atoms with Crippen LogP contribution in [0.1, 0.15) is 49.0 Å². The van der Waals surface area contributed by atoms with E-state index in [0.717, 1.165) is 17.0 Å². The van der Waals surface area contributed by atoms with Crippen LogP contribution in [0, 0.1) is 11.7 Å². The first kappa shape index (κ1) is 27.8. The van der Waals surface area contributed by atoms with Gasteiger partial charge in [0, 0.05) is 11.4 Å². The van der Waals surface area contributed by atoms with Gasteiger partial charge in [-0.15, -0.1) is 0 Å². The van der Waals surface area contributed by atoms with E-state index in [9.17, 15) is 18.5 Å². The number of amides is 1. The van der Waals surface area contributed by atoms with Gasteiger partial charge in [-0.3, -0.25) is 4.79 Å². The van der Waals surface area contributed by atoms with Crippen molar-refractivity contribution in [2.75, 3.05) is 24.4 Å². The van der Waals surface area contributed by atoms with Crippen LogP contribution in [0.3, 0.4) is 0 Å². The Morgan fingerprint density at radius 1 is 0.974 bits per heavy atom. The van der Waals surface area contributed by atoms with E-state index in [4.69, 9.17) is 14.0 Å². The minimum atomic E-state index is -1.79. The highest BCUT2D eigenvalue weighted by atomic mass is 32.2. The fourth-order valence-electron chi connectivity index (χ4n) is 4.71. The number of ether oxygens (including phenoxy) is 2. The van der Waals surface area contributed by atoms with Gasteiger partial charge in [0.1, 0.15) is 17.3 Å². The first-order valence-corrected chi connectivity index (χ1v) is 13.9. The Hall–Kier alpha value is -3.27. The second kappa shape index (κ2) is 13.0. The summed E-state index contributed by atoms with van der Waals surface area (Å²) >= 11 is -1.79. The van der Waals surface area contributed by atoms with E-state index in [-0.39, 0.29) is 29.4 Å². The molecule has 7 nitrogen and oxygen atoms in total. The van der Waals surface area contributed by atoms with Gasteiger partial charge in [0.2, 0.25) is 5.91 Å². The molecule has 0 spiro atoms. The van der Waals surface area contributed by atoms with Crippen LogP contribution in [0.4, 0.5) is 10.1 Å². The normalized spacial score (nSPS) is 18.5. The molecule has 0 bridgehead atoms.